The second-order valence-corrected chi connectivity index (χ2v) is 26.0. The Hall–Kier alpha value is -1.94. The molecular weight excluding hydrogens is 1070 g/mol. The van der Waals surface area contributed by atoms with E-state index in [9.17, 15) is 43.2 Å². The third-order valence-electron chi connectivity index (χ3n) is 15.3. The molecule has 3 N–H and O–H groups in total. The maximum absolute atomic E-state index is 12.9. The monoisotopic (exact) mass is 1180 g/mol. The number of unbranched alkanes of at least 4 members (excludes halogenated alkanes) is 20. The van der Waals surface area contributed by atoms with Crippen LogP contribution in [0, 0.1) is 23.7 Å². The molecule has 0 radical (unpaired) electrons. The molecule has 0 aromatic carbocycles. The zero-order valence-electron chi connectivity index (χ0n) is 51.7. The molecule has 8 atom stereocenters. The summed E-state index contributed by atoms with van der Waals surface area (Å²) in [6.45, 7) is 13.9. The number of aliphatic hydroxyl groups excluding tert-OH is 1. The molecule has 0 saturated heterocycles. The standard InChI is InChI=1S/C61H118O17P2/c1-9-51(5)37-29-21-13-17-25-33-41-58(63)71-47-56(77-60(65)43-35-27-19-15-23-31-39-53(7)11-3)49-75-79(67,68)73-45-55(62)46-74-80(69,70)76-50-57(78-61(66)44-36-28-20-16-24-32-40-54(8)12-4)48-72-59(64)42-34-26-18-14-22-30-38-52(6)10-2/h51-57,62H,9-50H2,1-8H3,(H,67,68)(H,69,70)/t51?,52?,53?,54?,55?,56-,57-/m1/s1. The fourth-order valence-corrected chi connectivity index (χ4v) is 10.3. The lowest BCUT2D eigenvalue weighted by Gasteiger charge is -2.21. The SMILES string of the molecule is CCC(C)CCCCCCCCC(=O)OC[C@H](COP(=O)(O)OCC(O)COP(=O)(O)OC[C@@H](COC(=O)CCCCCCCCC(C)CC)OC(=O)CCCCCCCCC(C)CC)OC(=O)CCCCCCCCC(C)CC. The second kappa shape index (κ2) is 51.5. The van der Waals surface area contributed by atoms with E-state index in [1.165, 1.54) is 77.0 Å². The lowest BCUT2D eigenvalue weighted by atomic mass is 10.00. The average molecular weight is 1190 g/mol. The minimum absolute atomic E-state index is 0.101. The Kier molecular flexibility index (Phi) is 50.2. The summed E-state index contributed by atoms with van der Waals surface area (Å²) >= 11 is 0. The Bertz CT molecular complexity index is 1500. The molecule has 0 bridgehead atoms. The van der Waals surface area contributed by atoms with Crippen LogP contribution in [-0.4, -0.2) is 96.7 Å². The summed E-state index contributed by atoms with van der Waals surface area (Å²) in [5, 5.41) is 10.5. The number of hydrogen-bond acceptors (Lipinski definition) is 15. The number of carbonyl (C=O) groups excluding carboxylic acids is 4. The van der Waals surface area contributed by atoms with Crippen molar-refractivity contribution in [2.24, 2.45) is 23.7 Å². The highest BCUT2D eigenvalue weighted by Crippen LogP contribution is 2.45. The van der Waals surface area contributed by atoms with Gasteiger partial charge in [0.15, 0.2) is 12.2 Å². The van der Waals surface area contributed by atoms with Gasteiger partial charge in [-0.05, 0) is 49.4 Å². The van der Waals surface area contributed by atoms with Gasteiger partial charge in [-0.3, -0.25) is 37.3 Å². The van der Waals surface area contributed by atoms with Crippen LogP contribution >= 0.6 is 15.6 Å². The molecule has 0 aromatic heterocycles. The highest BCUT2D eigenvalue weighted by Gasteiger charge is 2.30. The molecule has 0 aromatic rings. The van der Waals surface area contributed by atoms with Crippen molar-refractivity contribution in [3.8, 4) is 0 Å². The van der Waals surface area contributed by atoms with Crippen molar-refractivity contribution >= 4 is 39.5 Å². The van der Waals surface area contributed by atoms with Gasteiger partial charge in [0.1, 0.15) is 19.3 Å². The van der Waals surface area contributed by atoms with Crippen LogP contribution in [0.25, 0.3) is 0 Å². The molecule has 0 saturated carbocycles. The molecule has 0 amide bonds. The molecule has 19 heteroatoms. The highest BCUT2D eigenvalue weighted by atomic mass is 31.2. The third kappa shape index (κ3) is 50.6. The Morgan fingerprint density at radius 3 is 0.825 bits per heavy atom. The van der Waals surface area contributed by atoms with E-state index in [2.05, 4.69) is 55.4 Å². The fourth-order valence-electron chi connectivity index (χ4n) is 8.77. The molecule has 474 valence electrons. The minimum atomic E-state index is -4.94. The molecule has 0 aliphatic rings. The maximum Gasteiger partial charge on any atom is 0.472 e. The summed E-state index contributed by atoms with van der Waals surface area (Å²) in [4.78, 5) is 72.0. The molecule has 0 heterocycles. The molecule has 0 rings (SSSR count). The van der Waals surface area contributed by atoms with Gasteiger partial charge in [0.25, 0.3) is 0 Å². The Balaban J connectivity index is 5.28. The molecule has 0 aliphatic carbocycles. The number of aliphatic hydroxyl groups is 1. The first-order chi connectivity index (χ1) is 38.2. The van der Waals surface area contributed by atoms with Crippen molar-refractivity contribution in [3.05, 3.63) is 0 Å². The number of esters is 4. The van der Waals surface area contributed by atoms with Crippen molar-refractivity contribution in [1.82, 2.24) is 0 Å². The first kappa shape index (κ1) is 78.1. The van der Waals surface area contributed by atoms with Gasteiger partial charge in [-0.1, -0.05) is 235 Å². The van der Waals surface area contributed by atoms with Crippen LogP contribution in [0.1, 0.15) is 287 Å². The van der Waals surface area contributed by atoms with E-state index in [-0.39, 0.29) is 25.7 Å². The second-order valence-electron chi connectivity index (χ2n) is 23.1. The number of phosphoric ester groups is 2. The fraction of sp³-hybridized carbons (Fsp3) is 0.934. The molecule has 80 heavy (non-hydrogen) atoms. The quantitative estimate of drug-likeness (QED) is 0.0222. The Morgan fingerprint density at radius 1 is 0.338 bits per heavy atom. The van der Waals surface area contributed by atoms with Crippen molar-refractivity contribution < 1.29 is 80.2 Å². The van der Waals surface area contributed by atoms with Crippen LogP contribution in [0.5, 0.6) is 0 Å². The highest BCUT2D eigenvalue weighted by molar-refractivity contribution is 7.47. The summed E-state index contributed by atoms with van der Waals surface area (Å²) < 4.78 is 67.8. The summed E-state index contributed by atoms with van der Waals surface area (Å²) in [5.74, 6) is 0.752. The Labute approximate surface area is 486 Å². The van der Waals surface area contributed by atoms with Crippen LogP contribution in [0.3, 0.4) is 0 Å². The number of phosphoric acid groups is 2. The minimum Gasteiger partial charge on any atom is -0.462 e. The molecule has 0 spiro atoms. The lowest BCUT2D eigenvalue weighted by Crippen LogP contribution is -2.30. The Morgan fingerprint density at radius 2 is 0.562 bits per heavy atom. The molecule has 17 nitrogen and oxygen atoms in total. The first-order valence-corrected chi connectivity index (χ1v) is 34.8. The zero-order valence-corrected chi connectivity index (χ0v) is 53.5. The number of rotatable bonds is 58. The zero-order chi connectivity index (χ0) is 59.7. The van der Waals surface area contributed by atoms with Crippen molar-refractivity contribution in [2.45, 2.75) is 305 Å². The third-order valence-corrected chi connectivity index (χ3v) is 17.2. The van der Waals surface area contributed by atoms with Crippen LogP contribution in [0.2, 0.25) is 0 Å². The topological polar surface area (TPSA) is 237 Å². The van der Waals surface area contributed by atoms with Gasteiger partial charge in [0.05, 0.1) is 26.4 Å². The van der Waals surface area contributed by atoms with E-state index in [1.807, 2.05) is 0 Å². The van der Waals surface area contributed by atoms with E-state index in [0.29, 0.717) is 25.7 Å². The lowest BCUT2D eigenvalue weighted by molar-refractivity contribution is -0.161. The van der Waals surface area contributed by atoms with Gasteiger partial charge in [0, 0.05) is 25.7 Å². The van der Waals surface area contributed by atoms with E-state index >= 15 is 0 Å². The summed E-state index contributed by atoms with van der Waals surface area (Å²) in [5.41, 5.74) is 0. The van der Waals surface area contributed by atoms with Crippen LogP contribution < -0.4 is 0 Å². The van der Waals surface area contributed by atoms with E-state index in [0.717, 1.165) is 126 Å². The van der Waals surface area contributed by atoms with Crippen LogP contribution in [0.15, 0.2) is 0 Å². The normalized spacial score (nSPS) is 15.9. The molecule has 0 fully saturated rings. The number of ether oxygens (including phenoxy) is 4. The maximum atomic E-state index is 12.9. The predicted molar refractivity (Wildman–Crippen MR) is 317 cm³/mol. The molecule has 6 unspecified atom stereocenters. The summed E-state index contributed by atoms with van der Waals surface area (Å²) in [6.07, 6.45) is 29.5. The van der Waals surface area contributed by atoms with Gasteiger partial charge in [-0.15, -0.1) is 0 Å². The van der Waals surface area contributed by atoms with Crippen molar-refractivity contribution in [1.29, 1.82) is 0 Å². The predicted octanol–water partition coefficient (Wildman–Crippen LogP) is 16.2. The molecule has 0 aliphatic heterocycles. The van der Waals surface area contributed by atoms with Gasteiger partial charge >= 0.3 is 39.5 Å². The summed E-state index contributed by atoms with van der Waals surface area (Å²) in [7, 11) is -9.88. The largest absolute Gasteiger partial charge is 0.472 e. The van der Waals surface area contributed by atoms with E-state index < -0.39 is 97.5 Å². The van der Waals surface area contributed by atoms with Crippen LogP contribution in [0.4, 0.5) is 0 Å². The van der Waals surface area contributed by atoms with E-state index in [1.54, 1.807) is 0 Å². The number of hydrogen-bond donors (Lipinski definition) is 3. The first-order valence-electron chi connectivity index (χ1n) is 31.9. The van der Waals surface area contributed by atoms with E-state index in [4.69, 9.17) is 37.0 Å². The summed E-state index contributed by atoms with van der Waals surface area (Å²) in [6, 6.07) is 0. The van der Waals surface area contributed by atoms with Gasteiger partial charge in [-0.2, -0.15) is 0 Å². The molecular formula is C61H118O17P2. The van der Waals surface area contributed by atoms with Gasteiger partial charge < -0.3 is 33.8 Å². The van der Waals surface area contributed by atoms with Gasteiger partial charge in [0.2, 0.25) is 0 Å². The van der Waals surface area contributed by atoms with Crippen molar-refractivity contribution in [2.75, 3.05) is 39.6 Å². The van der Waals surface area contributed by atoms with Gasteiger partial charge in [-0.25, -0.2) is 9.13 Å². The average Bonchev–Trinajstić information content (AvgIpc) is 3.43. The smallest absolute Gasteiger partial charge is 0.462 e. The number of carbonyl (C=O) groups is 4. The van der Waals surface area contributed by atoms with Crippen molar-refractivity contribution in [3.63, 3.8) is 0 Å². The van der Waals surface area contributed by atoms with Crippen LogP contribution in [-0.2, 0) is 65.4 Å².